The van der Waals surface area contributed by atoms with Gasteiger partial charge in [-0.05, 0) is 13.8 Å². The quantitative estimate of drug-likeness (QED) is 0.632. The van der Waals surface area contributed by atoms with Gasteiger partial charge >= 0.3 is 5.69 Å². The van der Waals surface area contributed by atoms with Crippen molar-refractivity contribution in [2.24, 2.45) is 0 Å². The Morgan fingerprint density at radius 1 is 1.53 bits per heavy atom. The van der Waals surface area contributed by atoms with Gasteiger partial charge in [0.25, 0.3) is 0 Å². The van der Waals surface area contributed by atoms with Crippen LogP contribution >= 0.6 is 11.8 Å². The number of thioether (sulfide) groups is 1. The molecule has 1 fully saturated rings. The highest BCUT2D eigenvalue weighted by Crippen LogP contribution is 2.31. The van der Waals surface area contributed by atoms with Gasteiger partial charge in [-0.15, -0.1) is 0 Å². The van der Waals surface area contributed by atoms with Gasteiger partial charge < -0.3 is 0 Å². The molecule has 0 unspecified atom stereocenters. The average Bonchev–Trinajstić information content (AvgIpc) is 2.30. The Bertz CT molecular complexity index is 494. The molecule has 0 bridgehead atoms. The molecule has 0 atom stereocenters. The molecule has 104 valence electrons. The summed E-state index contributed by atoms with van der Waals surface area (Å²) in [6.45, 7) is 6.49. The van der Waals surface area contributed by atoms with Crippen LogP contribution in [-0.2, 0) is 6.54 Å². The third-order valence-electron chi connectivity index (χ3n) is 3.15. The number of nitro benzene ring substituents is 1. The lowest BCUT2D eigenvalue weighted by Crippen LogP contribution is -2.42. The SMILES string of the molecule is CC1(C)CN(Cc2cccc([N+](=O)[O-])c2F)CCS1. The van der Waals surface area contributed by atoms with E-state index in [2.05, 4.69) is 18.7 Å². The Labute approximate surface area is 116 Å². The molecule has 1 saturated heterocycles. The first-order valence-electron chi connectivity index (χ1n) is 6.17. The van der Waals surface area contributed by atoms with E-state index in [-0.39, 0.29) is 4.75 Å². The summed E-state index contributed by atoms with van der Waals surface area (Å²) in [6, 6.07) is 4.37. The second kappa shape index (κ2) is 5.46. The Morgan fingerprint density at radius 2 is 2.26 bits per heavy atom. The second-order valence-corrected chi connectivity index (χ2v) is 7.13. The molecular weight excluding hydrogens is 267 g/mol. The minimum Gasteiger partial charge on any atom is -0.297 e. The molecule has 1 aliphatic heterocycles. The summed E-state index contributed by atoms with van der Waals surface area (Å²) in [6.07, 6.45) is 0. The smallest absolute Gasteiger partial charge is 0.297 e. The largest absolute Gasteiger partial charge is 0.305 e. The summed E-state index contributed by atoms with van der Waals surface area (Å²) < 4.78 is 14.1. The molecule has 2 rings (SSSR count). The number of rotatable bonds is 3. The van der Waals surface area contributed by atoms with E-state index in [1.165, 1.54) is 6.07 Å². The minimum absolute atomic E-state index is 0.148. The standard InChI is InChI=1S/C13H17FN2O2S/c1-13(2)9-15(6-7-19-13)8-10-4-3-5-11(12(10)14)16(17)18/h3-5H,6-9H2,1-2H3. The van der Waals surface area contributed by atoms with E-state index in [0.717, 1.165) is 18.8 Å². The van der Waals surface area contributed by atoms with Gasteiger partial charge in [-0.2, -0.15) is 16.2 Å². The molecule has 0 aliphatic carbocycles. The third kappa shape index (κ3) is 3.45. The van der Waals surface area contributed by atoms with Crippen molar-refractivity contribution in [1.82, 2.24) is 4.90 Å². The molecule has 1 aliphatic rings. The van der Waals surface area contributed by atoms with Crippen LogP contribution in [0.3, 0.4) is 0 Å². The fourth-order valence-electron chi connectivity index (χ4n) is 2.32. The summed E-state index contributed by atoms with van der Waals surface area (Å²) in [5, 5.41) is 10.7. The summed E-state index contributed by atoms with van der Waals surface area (Å²) in [5.74, 6) is 0.298. The van der Waals surface area contributed by atoms with Crippen LogP contribution in [0.2, 0.25) is 0 Å². The zero-order chi connectivity index (χ0) is 14.0. The summed E-state index contributed by atoms with van der Waals surface area (Å²) in [7, 11) is 0. The van der Waals surface area contributed by atoms with Crippen molar-refractivity contribution in [3.8, 4) is 0 Å². The zero-order valence-electron chi connectivity index (χ0n) is 11.1. The monoisotopic (exact) mass is 284 g/mol. The molecule has 0 saturated carbocycles. The molecule has 19 heavy (non-hydrogen) atoms. The summed E-state index contributed by atoms with van der Waals surface area (Å²) in [5.41, 5.74) is -0.0416. The zero-order valence-corrected chi connectivity index (χ0v) is 11.9. The van der Waals surface area contributed by atoms with Crippen molar-refractivity contribution in [2.75, 3.05) is 18.8 Å². The van der Waals surface area contributed by atoms with Crippen LogP contribution in [0.5, 0.6) is 0 Å². The first-order chi connectivity index (χ1) is 8.89. The van der Waals surface area contributed by atoms with E-state index in [1.54, 1.807) is 12.1 Å². The second-order valence-electron chi connectivity index (χ2n) is 5.33. The molecule has 0 radical (unpaired) electrons. The fraction of sp³-hybridized carbons (Fsp3) is 0.538. The molecule has 1 heterocycles. The lowest BCUT2D eigenvalue weighted by Gasteiger charge is -2.37. The average molecular weight is 284 g/mol. The molecule has 0 aromatic heterocycles. The Hall–Kier alpha value is -1.14. The van der Waals surface area contributed by atoms with E-state index < -0.39 is 16.4 Å². The number of hydrogen-bond acceptors (Lipinski definition) is 4. The Kier molecular flexibility index (Phi) is 4.10. The van der Waals surface area contributed by atoms with E-state index in [1.807, 2.05) is 11.8 Å². The number of nitro groups is 1. The molecule has 6 heteroatoms. The Morgan fingerprint density at radius 3 is 2.89 bits per heavy atom. The predicted octanol–water partition coefficient (Wildman–Crippen LogP) is 3.06. The van der Waals surface area contributed by atoms with Crippen molar-refractivity contribution in [2.45, 2.75) is 25.1 Å². The van der Waals surface area contributed by atoms with Gasteiger partial charge in [0, 0.05) is 41.8 Å². The third-order valence-corrected chi connectivity index (χ3v) is 4.45. The lowest BCUT2D eigenvalue weighted by atomic mass is 10.1. The highest BCUT2D eigenvalue weighted by atomic mass is 32.2. The van der Waals surface area contributed by atoms with E-state index in [0.29, 0.717) is 12.1 Å². The first kappa shape index (κ1) is 14.3. The van der Waals surface area contributed by atoms with Crippen molar-refractivity contribution in [3.05, 3.63) is 39.7 Å². The van der Waals surface area contributed by atoms with Gasteiger partial charge in [-0.3, -0.25) is 15.0 Å². The van der Waals surface area contributed by atoms with Crippen molar-refractivity contribution in [3.63, 3.8) is 0 Å². The molecule has 0 amide bonds. The lowest BCUT2D eigenvalue weighted by molar-refractivity contribution is -0.387. The van der Waals surface area contributed by atoms with Crippen LogP contribution in [0, 0.1) is 15.9 Å². The summed E-state index contributed by atoms with van der Waals surface area (Å²) >= 11 is 1.90. The highest BCUT2D eigenvalue weighted by molar-refractivity contribution is 8.00. The first-order valence-corrected chi connectivity index (χ1v) is 7.16. The predicted molar refractivity (Wildman–Crippen MR) is 74.9 cm³/mol. The number of hydrogen-bond donors (Lipinski definition) is 0. The Balaban J connectivity index is 2.15. The number of nitrogens with zero attached hydrogens (tertiary/aromatic N) is 2. The molecular formula is C13H17FN2O2S. The normalized spacial score (nSPS) is 19.3. The van der Waals surface area contributed by atoms with Crippen molar-refractivity contribution in [1.29, 1.82) is 0 Å². The van der Waals surface area contributed by atoms with Gasteiger partial charge in [-0.25, -0.2) is 0 Å². The van der Waals surface area contributed by atoms with E-state index in [4.69, 9.17) is 0 Å². The van der Waals surface area contributed by atoms with Gasteiger partial charge in [0.2, 0.25) is 5.82 Å². The molecule has 0 N–H and O–H groups in total. The maximum atomic E-state index is 14.0. The van der Waals surface area contributed by atoms with Gasteiger partial charge in [0.1, 0.15) is 0 Å². The highest BCUT2D eigenvalue weighted by Gasteiger charge is 2.28. The molecule has 1 aromatic carbocycles. The maximum absolute atomic E-state index is 14.0. The molecule has 0 spiro atoms. The molecule has 4 nitrogen and oxygen atoms in total. The minimum atomic E-state index is -0.705. The van der Waals surface area contributed by atoms with Gasteiger partial charge in [0.05, 0.1) is 4.92 Å². The van der Waals surface area contributed by atoms with Crippen molar-refractivity contribution >= 4 is 17.4 Å². The number of benzene rings is 1. The van der Waals surface area contributed by atoms with Crippen LogP contribution < -0.4 is 0 Å². The molecule has 1 aromatic rings. The van der Waals surface area contributed by atoms with E-state index in [9.17, 15) is 14.5 Å². The van der Waals surface area contributed by atoms with Crippen LogP contribution in [0.15, 0.2) is 18.2 Å². The van der Waals surface area contributed by atoms with E-state index >= 15 is 0 Å². The van der Waals surface area contributed by atoms with Gasteiger partial charge in [-0.1, -0.05) is 12.1 Å². The van der Waals surface area contributed by atoms with Crippen LogP contribution in [-0.4, -0.2) is 33.4 Å². The van der Waals surface area contributed by atoms with Gasteiger partial charge in [0.15, 0.2) is 0 Å². The summed E-state index contributed by atoms with van der Waals surface area (Å²) in [4.78, 5) is 12.2. The van der Waals surface area contributed by atoms with Crippen LogP contribution in [0.25, 0.3) is 0 Å². The maximum Gasteiger partial charge on any atom is 0.305 e. The fourth-order valence-corrected chi connectivity index (χ4v) is 3.50. The van der Waals surface area contributed by atoms with Crippen LogP contribution in [0.4, 0.5) is 10.1 Å². The topological polar surface area (TPSA) is 46.4 Å². The van der Waals surface area contributed by atoms with Crippen LogP contribution in [0.1, 0.15) is 19.4 Å². The van der Waals surface area contributed by atoms with Crippen molar-refractivity contribution < 1.29 is 9.31 Å². The number of halogens is 1.